The number of carbonyl (C=O) groups excluding carboxylic acids is 2. The number of nitrogens with zero attached hydrogens (tertiary/aromatic N) is 1. The third-order valence-electron chi connectivity index (χ3n) is 6.15. The number of piperazine rings is 1. The molecule has 3 N–H and O–H groups in total. The summed E-state index contributed by atoms with van der Waals surface area (Å²) < 4.78 is 0. The van der Waals surface area contributed by atoms with Crippen LogP contribution < -0.4 is 15.1 Å². The largest absolute Gasteiger partial charge is 0.328 e. The van der Waals surface area contributed by atoms with Crippen molar-refractivity contribution < 1.29 is 19.4 Å². The van der Waals surface area contributed by atoms with Crippen molar-refractivity contribution in [1.82, 2.24) is 4.90 Å². The lowest BCUT2D eigenvalue weighted by atomic mass is 10.1. The fourth-order valence-electron chi connectivity index (χ4n) is 4.15. The molecule has 1 heterocycles. The van der Waals surface area contributed by atoms with E-state index in [4.69, 9.17) is 0 Å². The molecule has 2 aromatic carbocycles. The lowest BCUT2D eigenvalue weighted by Gasteiger charge is -2.32. The summed E-state index contributed by atoms with van der Waals surface area (Å²) in [6, 6.07) is 14.5. The van der Waals surface area contributed by atoms with Crippen molar-refractivity contribution in [3.8, 4) is 0 Å². The van der Waals surface area contributed by atoms with E-state index in [9.17, 15) is 9.59 Å². The summed E-state index contributed by atoms with van der Waals surface area (Å²) in [5.74, 6) is 0.0676. The zero-order valence-electron chi connectivity index (χ0n) is 19.3. The summed E-state index contributed by atoms with van der Waals surface area (Å²) in [4.78, 5) is 29.5. The first kappa shape index (κ1) is 23.0. The van der Waals surface area contributed by atoms with Gasteiger partial charge in [0.05, 0.1) is 33.2 Å². The Bertz CT molecular complexity index is 919. The second-order valence-corrected chi connectivity index (χ2v) is 8.90. The minimum Gasteiger partial charge on any atom is -0.328 e. The van der Waals surface area contributed by atoms with Crippen LogP contribution in [0.25, 0.3) is 0 Å². The minimum atomic E-state index is -0.0635. The van der Waals surface area contributed by atoms with Crippen molar-refractivity contribution in [1.29, 1.82) is 0 Å². The van der Waals surface area contributed by atoms with Crippen molar-refractivity contribution in [3.63, 3.8) is 0 Å². The molecule has 1 atom stereocenters. The summed E-state index contributed by atoms with van der Waals surface area (Å²) in [7, 11) is 1.90. The first-order valence-electron chi connectivity index (χ1n) is 11.2. The molecular weight excluding hydrogens is 388 g/mol. The van der Waals surface area contributed by atoms with Crippen LogP contribution in [0.4, 0.5) is 5.69 Å². The number of likely N-dealkylation sites (N-methyl/N-ethyl adjacent to an activating group) is 1. The highest BCUT2D eigenvalue weighted by Gasteiger charge is 2.26. The molecule has 0 aromatic heterocycles. The van der Waals surface area contributed by atoms with Crippen LogP contribution in [0.3, 0.4) is 0 Å². The quantitative estimate of drug-likeness (QED) is 0.586. The molecule has 2 amide bonds. The standard InChI is InChI=1S/C25H34N4O2/c1-19-7-5-9-22(15-19)16-28-11-13-29(14-12-28)25(31)18-27(4)17-24(30)26-23-10-6-8-20(2)21(23)3/h5-10,15H,11-14,16-18H2,1-4H3,(H,26,30)/p+2. The highest BCUT2D eigenvalue weighted by Crippen LogP contribution is 2.17. The van der Waals surface area contributed by atoms with Gasteiger partial charge in [0.25, 0.3) is 11.8 Å². The zero-order valence-corrected chi connectivity index (χ0v) is 19.3. The van der Waals surface area contributed by atoms with Gasteiger partial charge >= 0.3 is 0 Å². The van der Waals surface area contributed by atoms with Crippen LogP contribution in [-0.2, 0) is 16.1 Å². The average Bonchev–Trinajstić information content (AvgIpc) is 2.72. The van der Waals surface area contributed by atoms with Gasteiger partial charge in [-0.2, -0.15) is 0 Å². The molecule has 2 aromatic rings. The number of aryl methyl sites for hydroxylation is 2. The topological polar surface area (TPSA) is 58.3 Å². The molecule has 0 radical (unpaired) electrons. The van der Waals surface area contributed by atoms with Gasteiger partial charge in [0.15, 0.2) is 13.1 Å². The minimum absolute atomic E-state index is 0.0635. The van der Waals surface area contributed by atoms with Crippen LogP contribution in [-0.4, -0.2) is 63.0 Å². The Kier molecular flexibility index (Phi) is 7.82. The predicted octanol–water partition coefficient (Wildman–Crippen LogP) is -0.00764. The maximum absolute atomic E-state index is 12.7. The van der Waals surface area contributed by atoms with E-state index in [2.05, 4.69) is 36.5 Å². The van der Waals surface area contributed by atoms with Crippen molar-refractivity contribution >= 4 is 17.5 Å². The fourth-order valence-corrected chi connectivity index (χ4v) is 4.15. The molecule has 166 valence electrons. The van der Waals surface area contributed by atoms with E-state index in [1.165, 1.54) is 16.0 Å². The van der Waals surface area contributed by atoms with Gasteiger partial charge in [-0.25, -0.2) is 0 Å². The molecule has 0 saturated carbocycles. The van der Waals surface area contributed by atoms with Crippen LogP contribution in [0.15, 0.2) is 42.5 Å². The SMILES string of the molecule is Cc1cccc(C[NH+]2CCN(C(=O)C[NH+](C)CC(=O)Nc3cccc(C)c3C)CC2)c1. The third-order valence-corrected chi connectivity index (χ3v) is 6.15. The molecule has 3 rings (SSSR count). The second kappa shape index (κ2) is 10.6. The summed E-state index contributed by atoms with van der Waals surface area (Å²) >= 11 is 0. The zero-order chi connectivity index (χ0) is 22.4. The maximum Gasteiger partial charge on any atom is 0.279 e. The number of amides is 2. The Morgan fingerprint density at radius 3 is 2.45 bits per heavy atom. The number of hydrogen-bond donors (Lipinski definition) is 3. The molecular formula is C25H36N4O2+2. The number of carbonyl (C=O) groups is 2. The Morgan fingerprint density at radius 1 is 1.03 bits per heavy atom. The average molecular weight is 425 g/mol. The van der Waals surface area contributed by atoms with Crippen LogP contribution in [0.5, 0.6) is 0 Å². The Labute approximate surface area is 185 Å². The summed E-state index contributed by atoms with van der Waals surface area (Å²) in [5, 5.41) is 2.98. The number of quaternary nitrogens is 2. The molecule has 31 heavy (non-hydrogen) atoms. The number of anilines is 1. The van der Waals surface area contributed by atoms with E-state index in [1.807, 2.05) is 44.0 Å². The van der Waals surface area contributed by atoms with Crippen LogP contribution in [0.2, 0.25) is 0 Å². The number of benzene rings is 2. The molecule has 0 spiro atoms. The monoisotopic (exact) mass is 424 g/mol. The Balaban J connectivity index is 1.41. The van der Waals surface area contributed by atoms with Crippen molar-refractivity contribution in [3.05, 3.63) is 64.7 Å². The van der Waals surface area contributed by atoms with Gasteiger partial charge in [0.2, 0.25) is 0 Å². The van der Waals surface area contributed by atoms with Gasteiger partial charge in [0, 0.05) is 11.3 Å². The number of nitrogens with one attached hydrogen (secondary N) is 3. The van der Waals surface area contributed by atoms with Gasteiger partial charge in [0.1, 0.15) is 6.54 Å². The summed E-state index contributed by atoms with van der Waals surface area (Å²) in [6.45, 7) is 11.3. The highest BCUT2D eigenvalue weighted by molar-refractivity contribution is 5.92. The lowest BCUT2D eigenvalue weighted by molar-refractivity contribution is -0.917. The molecule has 0 bridgehead atoms. The van der Waals surface area contributed by atoms with Crippen LogP contribution in [0.1, 0.15) is 22.3 Å². The van der Waals surface area contributed by atoms with Crippen molar-refractivity contribution in [2.75, 3.05) is 51.6 Å². The molecule has 1 aliphatic rings. The van der Waals surface area contributed by atoms with Gasteiger partial charge < -0.3 is 20.0 Å². The van der Waals surface area contributed by atoms with Gasteiger partial charge in [-0.05, 0) is 38.0 Å². The molecule has 0 aliphatic carbocycles. The van der Waals surface area contributed by atoms with E-state index in [0.717, 1.165) is 54.4 Å². The first-order valence-corrected chi connectivity index (χ1v) is 11.2. The third kappa shape index (κ3) is 6.64. The Hall–Kier alpha value is -2.70. The van der Waals surface area contributed by atoms with Gasteiger partial charge in [-0.1, -0.05) is 42.0 Å². The van der Waals surface area contributed by atoms with E-state index in [-0.39, 0.29) is 18.4 Å². The van der Waals surface area contributed by atoms with E-state index < -0.39 is 0 Å². The van der Waals surface area contributed by atoms with E-state index in [1.54, 1.807) is 0 Å². The molecule has 1 aliphatic heterocycles. The molecule has 1 fully saturated rings. The smallest absolute Gasteiger partial charge is 0.279 e. The van der Waals surface area contributed by atoms with E-state index >= 15 is 0 Å². The summed E-state index contributed by atoms with van der Waals surface area (Å²) in [5.41, 5.74) is 5.72. The summed E-state index contributed by atoms with van der Waals surface area (Å²) in [6.07, 6.45) is 0. The predicted molar refractivity (Wildman–Crippen MR) is 123 cm³/mol. The van der Waals surface area contributed by atoms with Gasteiger partial charge in [-0.3, -0.25) is 9.59 Å². The van der Waals surface area contributed by atoms with Gasteiger partial charge in [-0.15, -0.1) is 0 Å². The van der Waals surface area contributed by atoms with E-state index in [0.29, 0.717) is 6.54 Å². The highest BCUT2D eigenvalue weighted by atomic mass is 16.2. The first-order chi connectivity index (χ1) is 14.8. The molecule has 1 unspecified atom stereocenters. The maximum atomic E-state index is 12.7. The molecule has 1 saturated heterocycles. The number of rotatable bonds is 7. The molecule has 6 nitrogen and oxygen atoms in total. The van der Waals surface area contributed by atoms with Crippen LogP contribution in [0, 0.1) is 20.8 Å². The molecule has 6 heteroatoms. The van der Waals surface area contributed by atoms with Crippen LogP contribution >= 0.6 is 0 Å². The lowest BCUT2D eigenvalue weighted by Crippen LogP contribution is -3.14. The second-order valence-electron chi connectivity index (χ2n) is 8.90. The van der Waals surface area contributed by atoms with Crippen molar-refractivity contribution in [2.24, 2.45) is 0 Å². The normalized spacial score (nSPS) is 15.5. The Morgan fingerprint density at radius 2 is 1.74 bits per heavy atom. The number of hydrogen-bond acceptors (Lipinski definition) is 2. The fraction of sp³-hybridized carbons (Fsp3) is 0.440. The van der Waals surface area contributed by atoms with Crippen molar-refractivity contribution in [2.45, 2.75) is 27.3 Å².